The molecule has 0 bridgehead atoms. The van der Waals surface area contributed by atoms with Crippen LogP contribution in [0.1, 0.15) is 15.9 Å². The number of methoxy groups -OCH3 is 1. The van der Waals surface area contributed by atoms with Crippen molar-refractivity contribution < 1.29 is 13.9 Å². The first-order valence-corrected chi connectivity index (χ1v) is 7.11. The Balaban J connectivity index is 1.76. The number of nitrogens with one attached hydrogen (secondary N) is 1. The van der Waals surface area contributed by atoms with Crippen molar-refractivity contribution >= 4 is 22.6 Å². The fourth-order valence-electron chi connectivity index (χ4n) is 2.39. The zero-order chi connectivity index (χ0) is 16.4. The van der Waals surface area contributed by atoms with Crippen LogP contribution in [-0.2, 0) is 18.3 Å². The van der Waals surface area contributed by atoms with Gasteiger partial charge in [-0.05, 0) is 30.3 Å². The van der Waals surface area contributed by atoms with Crippen LogP contribution < -0.4 is 5.32 Å². The van der Waals surface area contributed by atoms with Crippen LogP contribution in [-0.4, -0.2) is 22.9 Å². The van der Waals surface area contributed by atoms with Gasteiger partial charge in [0.25, 0.3) is 0 Å². The minimum Gasteiger partial charge on any atom is -0.465 e. The quantitative estimate of drug-likeness (QED) is 0.752. The number of nitrogens with zero attached hydrogens (tertiary/aromatic N) is 2. The SMILES string of the molecule is COC(=O)c1ccc(CNc2ccc3cnn(C)c3c2)c(F)c1. The predicted molar refractivity (Wildman–Crippen MR) is 85.8 cm³/mol. The number of aromatic nitrogens is 2. The molecular weight excluding hydrogens is 297 g/mol. The number of carbonyl (C=O) groups excluding carboxylic acids is 1. The smallest absolute Gasteiger partial charge is 0.337 e. The van der Waals surface area contributed by atoms with Crippen molar-refractivity contribution in [3.05, 3.63) is 59.5 Å². The number of rotatable bonds is 4. The maximum Gasteiger partial charge on any atom is 0.337 e. The first-order chi connectivity index (χ1) is 11.1. The third kappa shape index (κ3) is 3.01. The number of hydrogen-bond acceptors (Lipinski definition) is 4. The van der Waals surface area contributed by atoms with Crippen molar-refractivity contribution in [2.45, 2.75) is 6.54 Å². The lowest BCUT2D eigenvalue weighted by molar-refractivity contribution is 0.0600. The van der Waals surface area contributed by atoms with Crippen molar-refractivity contribution in [2.75, 3.05) is 12.4 Å². The van der Waals surface area contributed by atoms with Crippen LogP contribution in [0.15, 0.2) is 42.6 Å². The molecule has 0 atom stereocenters. The Morgan fingerprint density at radius 3 is 2.87 bits per heavy atom. The Labute approximate surface area is 132 Å². The minimum atomic E-state index is -0.551. The summed E-state index contributed by atoms with van der Waals surface area (Å²) < 4.78 is 20.4. The van der Waals surface area contributed by atoms with E-state index in [0.717, 1.165) is 16.6 Å². The van der Waals surface area contributed by atoms with Crippen molar-refractivity contribution in [2.24, 2.45) is 7.05 Å². The van der Waals surface area contributed by atoms with Crippen LogP contribution in [0.4, 0.5) is 10.1 Å². The molecule has 0 amide bonds. The van der Waals surface area contributed by atoms with Crippen molar-refractivity contribution in [1.29, 1.82) is 0 Å². The molecule has 6 heteroatoms. The normalized spacial score (nSPS) is 10.7. The molecule has 2 aromatic carbocycles. The molecule has 0 saturated heterocycles. The standard InChI is InChI=1S/C17H16FN3O2/c1-21-16-8-14(6-5-13(16)10-20-21)19-9-12-4-3-11(7-15(12)18)17(22)23-2/h3-8,10,19H,9H2,1-2H3. The lowest BCUT2D eigenvalue weighted by Gasteiger charge is -2.09. The van der Waals surface area contributed by atoms with E-state index in [0.29, 0.717) is 12.1 Å². The fraction of sp³-hybridized carbons (Fsp3) is 0.176. The summed E-state index contributed by atoms with van der Waals surface area (Å²) in [6, 6.07) is 10.2. The molecule has 0 spiro atoms. The van der Waals surface area contributed by atoms with Crippen LogP contribution in [0.3, 0.4) is 0 Å². The summed E-state index contributed by atoms with van der Waals surface area (Å²) in [5.41, 5.74) is 2.54. The number of aryl methyl sites for hydroxylation is 1. The molecule has 5 nitrogen and oxygen atoms in total. The third-order valence-electron chi connectivity index (χ3n) is 3.71. The van der Waals surface area contributed by atoms with Gasteiger partial charge in [-0.3, -0.25) is 4.68 Å². The Hall–Kier alpha value is -2.89. The summed E-state index contributed by atoms with van der Waals surface area (Å²) in [6.07, 6.45) is 1.80. The van der Waals surface area contributed by atoms with Gasteiger partial charge in [0.15, 0.2) is 0 Å². The lowest BCUT2D eigenvalue weighted by Crippen LogP contribution is -2.06. The molecule has 0 unspecified atom stereocenters. The molecule has 0 radical (unpaired) electrons. The molecule has 23 heavy (non-hydrogen) atoms. The minimum absolute atomic E-state index is 0.199. The Morgan fingerprint density at radius 1 is 1.30 bits per heavy atom. The van der Waals surface area contributed by atoms with E-state index in [1.807, 2.05) is 25.2 Å². The molecule has 1 heterocycles. The molecule has 0 saturated carbocycles. The molecule has 1 N–H and O–H groups in total. The summed E-state index contributed by atoms with van der Waals surface area (Å²) in [7, 11) is 3.14. The predicted octanol–water partition coefficient (Wildman–Crippen LogP) is 3.11. The first kappa shape index (κ1) is 15.0. The van der Waals surface area contributed by atoms with Gasteiger partial charge in [-0.15, -0.1) is 0 Å². The van der Waals surface area contributed by atoms with Crippen molar-refractivity contribution in [3.8, 4) is 0 Å². The van der Waals surface area contributed by atoms with E-state index in [-0.39, 0.29) is 5.56 Å². The average molecular weight is 313 g/mol. The highest BCUT2D eigenvalue weighted by molar-refractivity contribution is 5.89. The lowest BCUT2D eigenvalue weighted by atomic mass is 10.1. The maximum atomic E-state index is 14.1. The van der Waals surface area contributed by atoms with Gasteiger partial charge >= 0.3 is 5.97 Å². The summed E-state index contributed by atoms with van der Waals surface area (Å²) >= 11 is 0. The van der Waals surface area contributed by atoms with E-state index in [4.69, 9.17) is 0 Å². The molecule has 0 aliphatic carbocycles. The van der Waals surface area contributed by atoms with Crippen LogP contribution in [0.2, 0.25) is 0 Å². The number of anilines is 1. The van der Waals surface area contributed by atoms with Crippen molar-refractivity contribution in [3.63, 3.8) is 0 Å². The zero-order valence-corrected chi connectivity index (χ0v) is 12.8. The fourth-order valence-corrected chi connectivity index (χ4v) is 2.39. The van der Waals surface area contributed by atoms with Gasteiger partial charge in [0.1, 0.15) is 5.82 Å². The van der Waals surface area contributed by atoms with Gasteiger partial charge in [-0.1, -0.05) is 6.07 Å². The second kappa shape index (κ2) is 6.08. The Kier molecular flexibility index (Phi) is 3.97. The molecular formula is C17H16FN3O2. The highest BCUT2D eigenvalue weighted by Crippen LogP contribution is 2.19. The second-order valence-electron chi connectivity index (χ2n) is 5.19. The third-order valence-corrected chi connectivity index (χ3v) is 3.71. The number of carbonyl (C=O) groups is 1. The molecule has 0 aliphatic rings. The summed E-state index contributed by atoms with van der Waals surface area (Å²) in [5.74, 6) is -0.993. The molecule has 118 valence electrons. The molecule has 0 aliphatic heterocycles. The van der Waals surface area contributed by atoms with E-state index in [9.17, 15) is 9.18 Å². The van der Waals surface area contributed by atoms with Crippen LogP contribution in [0.5, 0.6) is 0 Å². The van der Waals surface area contributed by atoms with Gasteiger partial charge in [0.05, 0.1) is 24.4 Å². The summed E-state index contributed by atoms with van der Waals surface area (Å²) in [6.45, 7) is 0.316. The first-order valence-electron chi connectivity index (χ1n) is 7.11. The van der Waals surface area contributed by atoms with E-state index >= 15 is 0 Å². The number of fused-ring (bicyclic) bond motifs is 1. The topological polar surface area (TPSA) is 56.1 Å². The van der Waals surface area contributed by atoms with Gasteiger partial charge < -0.3 is 10.1 Å². The van der Waals surface area contributed by atoms with Gasteiger partial charge in [-0.25, -0.2) is 9.18 Å². The second-order valence-corrected chi connectivity index (χ2v) is 5.19. The highest BCUT2D eigenvalue weighted by Gasteiger charge is 2.10. The van der Waals surface area contributed by atoms with Crippen molar-refractivity contribution in [1.82, 2.24) is 9.78 Å². The Bertz CT molecular complexity index is 873. The van der Waals surface area contributed by atoms with Gasteiger partial charge in [-0.2, -0.15) is 5.10 Å². The summed E-state index contributed by atoms with van der Waals surface area (Å²) in [5, 5.41) is 8.41. The number of ether oxygens (including phenoxy) is 1. The van der Waals surface area contributed by atoms with Crippen LogP contribution in [0.25, 0.3) is 10.9 Å². The van der Waals surface area contributed by atoms with Gasteiger partial charge in [0.2, 0.25) is 0 Å². The van der Waals surface area contributed by atoms with E-state index in [1.165, 1.54) is 13.2 Å². The number of halogens is 1. The maximum absolute atomic E-state index is 14.1. The van der Waals surface area contributed by atoms with E-state index in [2.05, 4.69) is 15.2 Å². The highest BCUT2D eigenvalue weighted by atomic mass is 19.1. The molecule has 3 rings (SSSR count). The average Bonchev–Trinajstić information content (AvgIpc) is 2.93. The summed E-state index contributed by atoms with van der Waals surface area (Å²) in [4.78, 5) is 11.4. The van der Waals surface area contributed by atoms with E-state index < -0.39 is 11.8 Å². The molecule has 3 aromatic rings. The number of benzene rings is 2. The largest absolute Gasteiger partial charge is 0.465 e. The monoisotopic (exact) mass is 313 g/mol. The van der Waals surface area contributed by atoms with E-state index in [1.54, 1.807) is 23.0 Å². The van der Waals surface area contributed by atoms with Gasteiger partial charge in [0, 0.05) is 30.2 Å². The number of hydrogen-bond donors (Lipinski definition) is 1. The van der Waals surface area contributed by atoms with Crippen LogP contribution in [0, 0.1) is 5.82 Å². The Morgan fingerprint density at radius 2 is 2.13 bits per heavy atom. The van der Waals surface area contributed by atoms with Crippen LogP contribution >= 0.6 is 0 Å². The number of esters is 1. The zero-order valence-electron chi connectivity index (χ0n) is 12.8. The molecule has 0 fully saturated rings. The molecule has 1 aromatic heterocycles.